The lowest BCUT2D eigenvalue weighted by Gasteiger charge is -2.14. The van der Waals surface area contributed by atoms with Crippen LogP contribution in [0.1, 0.15) is 16.7 Å². The third-order valence-corrected chi connectivity index (χ3v) is 3.78. The molecule has 2 nitrogen and oxygen atoms in total. The number of aliphatic hydroxyl groups is 1. The van der Waals surface area contributed by atoms with E-state index in [1.54, 1.807) is 7.11 Å². The number of methoxy groups -OCH3 is 1. The summed E-state index contributed by atoms with van der Waals surface area (Å²) in [5.74, 6) is 0.816. The maximum Gasteiger partial charge on any atom is 0.122 e. The highest BCUT2D eigenvalue weighted by Crippen LogP contribution is 2.24. The van der Waals surface area contributed by atoms with Crippen molar-refractivity contribution in [2.24, 2.45) is 0 Å². The summed E-state index contributed by atoms with van der Waals surface area (Å²) in [4.78, 5) is 0. The van der Waals surface area contributed by atoms with Gasteiger partial charge in [-0.2, -0.15) is 0 Å². The first-order valence-corrected chi connectivity index (χ1v) is 7.44. The highest BCUT2D eigenvalue weighted by atomic mass is 79.9. The van der Waals surface area contributed by atoms with Crippen molar-refractivity contribution in [3.05, 3.63) is 63.6 Å². The number of hydrogen-bond donors (Lipinski definition) is 1. The van der Waals surface area contributed by atoms with Gasteiger partial charge in [0.05, 0.1) is 13.2 Å². The minimum absolute atomic E-state index is 0.416. The van der Waals surface area contributed by atoms with Crippen LogP contribution in [0.4, 0.5) is 0 Å². The Kier molecular flexibility index (Phi) is 5.21. The van der Waals surface area contributed by atoms with Crippen LogP contribution >= 0.6 is 15.9 Å². The van der Waals surface area contributed by atoms with E-state index in [0.29, 0.717) is 12.8 Å². The summed E-state index contributed by atoms with van der Waals surface area (Å²) in [5.41, 5.74) is 3.40. The van der Waals surface area contributed by atoms with E-state index in [2.05, 4.69) is 47.1 Å². The van der Waals surface area contributed by atoms with E-state index in [1.165, 1.54) is 5.56 Å². The predicted octanol–water partition coefficient (Wildman–Crippen LogP) is 3.91. The Bertz CT molecular complexity index is 564. The van der Waals surface area contributed by atoms with Gasteiger partial charge in [-0.05, 0) is 42.7 Å². The predicted molar refractivity (Wildman–Crippen MR) is 85.3 cm³/mol. The third kappa shape index (κ3) is 4.09. The fourth-order valence-electron chi connectivity index (χ4n) is 2.23. The molecule has 0 spiro atoms. The monoisotopic (exact) mass is 334 g/mol. The zero-order valence-corrected chi connectivity index (χ0v) is 13.4. The van der Waals surface area contributed by atoms with Crippen molar-refractivity contribution in [1.29, 1.82) is 0 Å². The van der Waals surface area contributed by atoms with Gasteiger partial charge in [-0.25, -0.2) is 0 Å². The molecule has 0 aromatic heterocycles. The highest BCUT2D eigenvalue weighted by Gasteiger charge is 2.11. The molecule has 0 saturated heterocycles. The average molecular weight is 335 g/mol. The summed E-state index contributed by atoms with van der Waals surface area (Å²) in [6.07, 6.45) is 0.813. The van der Waals surface area contributed by atoms with Crippen molar-refractivity contribution in [3.8, 4) is 5.75 Å². The van der Waals surface area contributed by atoms with E-state index in [-0.39, 0.29) is 0 Å². The number of aliphatic hydroxyl groups excluding tert-OH is 1. The fourth-order valence-corrected chi connectivity index (χ4v) is 2.64. The molecule has 0 aliphatic rings. The number of halogens is 1. The van der Waals surface area contributed by atoms with Gasteiger partial charge in [0.1, 0.15) is 5.75 Å². The van der Waals surface area contributed by atoms with Gasteiger partial charge >= 0.3 is 0 Å². The summed E-state index contributed by atoms with van der Waals surface area (Å²) >= 11 is 3.45. The van der Waals surface area contributed by atoms with Gasteiger partial charge in [0, 0.05) is 10.9 Å². The lowest BCUT2D eigenvalue weighted by molar-refractivity contribution is 0.174. The van der Waals surface area contributed by atoms with E-state index in [1.807, 2.05) is 18.2 Å². The summed E-state index contributed by atoms with van der Waals surface area (Å²) < 4.78 is 6.33. The van der Waals surface area contributed by atoms with Crippen molar-refractivity contribution in [2.75, 3.05) is 7.11 Å². The van der Waals surface area contributed by atoms with E-state index in [9.17, 15) is 5.11 Å². The quantitative estimate of drug-likeness (QED) is 0.898. The first-order chi connectivity index (χ1) is 9.58. The first-order valence-electron chi connectivity index (χ1n) is 6.64. The topological polar surface area (TPSA) is 29.5 Å². The van der Waals surface area contributed by atoms with E-state index in [4.69, 9.17) is 4.74 Å². The van der Waals surface area contributed by atoms with Crippen LogP contribution in [0.3, 0.4) is 0 Å². The molecule has 0 amide bonds. The number of ether oxygens (including phenoxy) is 1. The minimum Gasteiger partial charge on any atom is -0.496 e. The van der Waals surface area contributed by atoms with Crippen LogP contribution in [0.25, 0.3) is 0 Å². The van der Waals surface area contributed by atoms with Gasteiger partial charge < -0.3 is 9.84 Å². The van der Waals surface area contributed by atoms with Crippen molar-refractivity contribution < 1.29 is 9.84 Å². The smallest absolute Gasteiger partial charge is 0.122 e. The number of benzene rings is 2. The molecule has 2 aromatic carbocycles. The maximum atomic E-state index is 10.3. The lowest BCUT2D eigenvalue weighted by atomic mass is 10.00. The van der Waals surface area contributed by atoms with Crippen LogP contribution in [-0.4, -0.2) is 18.3 Å². The molecule has 1 unspecified atom stereocenters. The zero-order valence-electron chi connectivity index (χ0n) is 11.8. The fraction of sp³-hybridized carbons (Fsp3) is 0.294. The number of aryl methyl sites for hydroxylation is 1. The molecule has 0 saturated carbocycles. The second kappa shape index (κ2) is 6.91. The molecule has 2 aromatic rings. The van der Waals surface area contributed by atoms with Crippen molar-refractivity contribution >= 4 is 15.9 Å². The average Bonchev–Trinajstić information content (AvgIpc) is 2.41. The Labute approximate surface area is 128 Å². The Morgan fingerprint density at radius 3 is 2.45 bits per heavy atom. The largest absolute Gasteiger partial charge is 0.496 e. The molecular formula is C17H19BrO2. The Balaban J connectivity index is 2.05. The van der Waals surface area contributed by atoms with Gasteiger partial charge in [0.15, 0.2) is 0 Å². The second-order valence-electron chi connectivity index (χ2n) is 5.00. The van der Waals surface area contributed by atoms with Crippen LogP contribution in [0.2, 0.25) is 0 Å². The second-order valence-corrected chi connectivity index (χ2v) is 5.92. The molecule has 0 aliphatic carbocycles. The lowest BCUT2D eigenvalue weighted by Crippen LogP contribution is -2.14. The molecule has 20 heavy (non-hydrogen) atoms. The molecule has 0 heterocycles. The van der Waals surface area contributed by atoms with Crippen molar-refractivity contribution in [2.45, 2.75) is 25.9 Å². The molecule has 0 radical (unpaired) electrons. The molecule has 3 heteroatoms. The Morgan fingerprint density at radius 2 is 1.80 bits per heavy atom. The SMILES string of the molecule is COc1ccc(Br)cc1CC(O)Cc1ccc(C)cc1. The van der Waals surface area contributed by atoms with Crippen LogP contribution in [0.5, 0.6) is 5.75 Å². The standard InChI is InChI=1S/C17H19BrO2/c1-12-3-5-13(6-4-12)9-16(19)11-14-10-15(18)7-8-17(14)20-2/h3-8,10,16,19H,9,11H2,1-2H3. The van der Waals surface area contributed by atoms with E-state index in [0.717, 1.165) is 21.3 Å². The summed E-state index contributed by atoms with van der Waals surface area (Å²) in [7, 11) is 1.65. The summed E-state index contributed by atoms with van der Waals surface area (Å²) in [6.45, 7) is 2.06. The van der Waals surface area contributed by atoms with E-state index < -0.39 is 6.10 Å². The van der Waals surface area contributed by atoms with Gasteiger partial charge in [-0.15, -0.1) is 0 Å². The minimum atomic E-state index is -0.416. The van der Waals surface area contributed by atoms with Gasteiger partial charge in [-0.3, -0.25) is 0 Å². The Hall–Kier alpha value is -1.32. The highest BCUT2D eigenvalue weighted by molar-refractivity contribution is 9.10. The van der Waals surface area contributed by atoms with Crippen LogP contribution < -0.4 is 4.74 Å². The molecule has 0 fully saturated rings. The first kappa shape index (κ1) is 15.1. The number of rotatable bonds is 5. The Morgan fingerprint density at radius 1 is 1.10 bits per heavy atom. The third-order valence-electron chi connectivity index (χ3n) is 3.29. The molecule has 2 rings (SSSR count). The van der Waals surface area contributed by atoms with Crippen LogP contribution in [0, 0.1) is 6.92 Å². The molecule has 1 atom stereocenters. The molecule has 106 valence electrons. The molecule has 0 bridgehead atoms. The van der Waals surface area contributed by atoms with Crippen LogP contribution in [0.15, 0.2) is 46.9 Å². The van der Waals surface area contributed by atoms with Gasteiger partial charge in [-0.1, -0.05) is 45.8 Å². The van der Waals surface area contributed by atoms with Gasteiger partial charge in [0.25, 0.3) is 0 Å². The summed E-state index contributed by atoms with van der Waals surface area (Å²) in [6, 6.07) is 14.1. The molecular weight excluding hydrogens is 316 g/mol. The summed E-state index contributed by atoms with van der Waals surface area (Å²) in [5, 5.41) is 10.3. The van der Waals surface area contributed by atoms with Gasteiger partial charge in [0.2, 0.25) is 0 Å². The number of hydrogen-bond acceptors (Lipinski definition) is 2. The van der Waals surface area contributed by atoms with Crippen molar-refractivity contribution in [3.63, 3.8) is 0 Å². The van der Waals surface area contributed by atoms with Crippen LogP contribution in [-0.2, 0) is 12.8 Å². The molecule has 0 aliphatic heterocycles. The van der Waals surface area contributed by atoms with Crippen molar-refractivity contribution in [1.82, 2.24) is 0 Å². The zero-order chi connectivity index (χ0) is 14.5. The van der Waals surface area contributed by atoms with E-state index >= 15 is 0 Å². The maximum absolute atomic E-state index is 10.3. The molecule has 1 N–H and O–H groups in total. The normalized spacial score (nSPS) is 12.2.